The van der Waals surface area contributed by atoms with Gasteiger partial charge in [-0.15, -0.1) is 0 Å². The summed E-state index contributed by atoms with van der Waals surface area (Å²) in [6, 6.07) is 1.83. The Morgan fingerprint density at radius 1 is 1.47 bits per heavy atom. The van der Waals surface area contributed by atoms with Crippen molar-refractivity contribution in [2.75, 3.05) is 0 Å². The van der Waals surface area contributed by atoms with Crippen molar-refractivity contribution >= 4 is 5.97 Å². The number of ether oxygens (including phenoxy) is 1. The Bertz CT molecular complexity index is 537. The molecule has 0 aromatic carbocycles. The third kappa shape index (κ3) is 3.19. The summed E-state index contributed by atoms with van der Waals surface area (Å²) in [4.78, 5) is 11.8. The smallest absolute Gasteiger partial charge is 0.343 e. The molecule has 0 fully saturated rings. The molecule has 2 aliphatic rings. The fraction of sp³-hybridized carbons (Fsp3) is 0.333. The van der Waals surface area contributed by atoms with Crippen molar-refractivity contribution in [3.05, 3.63) is 47.8 Å². The number of esters is 1. The molecule has 3 unspecified atom stereocenters. The van der Waals surface area contributed by atoms with E-state index in [-0.39, 0.29) is 5.76 Å². The van der Waals surface area contributed by atoms with E-state index >= 15 is 0 Å². The predicted molar refractivity (Wildman–Crippen MR) is 68.3 cm³/mol. The monoisotopic (exact) mass is 259 g/mol. The van der Waals surface area contributed by atoms with Gasteiger partial charge >= 0.3 is 5.97 Å². The zero-order valence-corrected chi connectivity index (χ0v) is 10.5. The molecule has 98 valence electrons. The highest BCUT2D eigenvalue weighted by atomic mass is 19.1. The summed E-state index contributed by atoms with van der Waals surface area (Å²) in [6.07, 6.45) is 8.83. The summed E-state index contributed by atoms with van der Waals surface area (Å²) >= 11 is 0. The van der Waals surface area contributed by atoms with Crippen LogP contribution in [0.4, 0.5) is 4.39 Å². The molecule has 0 heterocycles. The third-order valence-corrected chi connectivity index (χ3v) is 3.04. The Labute approximate surface area is 111 Å². The van der Waals surface area contributed by atoms with Crippen LogP contribution >= 0.6 is 0 Å². The van der Waals surface area contributed by atoms with E-state index in [2.05, 4.69) is 6.92 Å². The van der Waals surface area contributed by atoms with Gasteiger partial charge in [0.1, 0.15) is 11.9 Å². The van der Waals surface area contributed by atoms with Crippen LogP contribution in [0.3, 0.4) is 0 Å². The van der Waals surface area contributed by atoms with Gasteiger partial charge in [0.15, 0.2) is 0 Å². The molecule has 3 nitrogen and oxygen atoms in total. The maximum absolute atomic E-state index is 13.5. The first-order chi connectivity index (χ1) is 9.10. The predicted octanol–water partition coefficient (Wildman–Crippen LogP) is 2.98. The molecule has 0 spiro atoms. The van der Waals surface area contributed by atoms with E-state index in [4.69, 9.17) is 10.00 Å². The highest BCUT2D eigenvalue weighted by molar-refractivity contribution is 5.92. The molecule has 0 aromatic rings. The van der Waals surface area contributed by atoms with Crippen LogP contribution in [0.25, 0.3) is 0 Å². The maximum atomic E-state index is 13.5. The third-order valence-electron chi connectivity index (χ3n) is 3.04. The van der Waals surface area contributed by atoms with Gasteiger partial charge in [-0.3, -0.25) is 0 Å². The highest BCUT2D eigenvalue weighted by Gasteiger charge is 2.22. The van der Waals surface area contributed by atoms with Gasteiger partial charge in [0.2, 0.25) is 0 Å². The summed E-state index contributed by atoms with van der Waals surface area (Å²) in [5.74, 6) is -0.743. The second-order valence-electron chi connectivity index (χ2n) is 4.65. The van der Waals surface area contributed by atoms with Crippen LogP contribution in [0, 0.1) is 23.2 Å². The maximum Gasteiger partial charge on any atom is 0.343 e. The van der Waals surface area contributed by atoms with Crippen LogP contribution < -0.4 is 0 Å². The molecule has 3 atom stereocenters. The lowest BCUT2D eigenvalue weighted by molar-refractivity contribution is -0.134. The molecule has 0 aromatic heterocycles. The molecule has 0 amide bonds. The Morgan fingerprint density at radius 2 is 2.26 bits per heavy atom. The van der Waals surface area contributed by atoms with E-state index < -0.39 is 18.1 Å². The number of nitrogens with zero attached hydrogens (tertiary/aromatic N) is 1. The van der Waals surface area contributed by atoms with Gasteiger partial charge in [-0.1, -0.05) is 31.2 Å². The van der Waals surface area contributed by atoms with Gasteiger partial charge in [-0.05, 0) is 24.5 Å². The van der Waals surface area contributed by atoms with Crippen LogP contribution in [0.2, 0.25) is 0 Å². The molecule has 0 saturated carbocycles. The lowest BCUT2D eigenvalue weighted by Gasteiger charge is -2.15. The molecule has 0 bridgehead atoms. The quantitative estimate of drug-likeness (QED) is 0.716. The van der Waals surface area contributed by atoms with Crippen molar-refractivity contribution < 1.29 is 13.9 Å². The summed E-state index contributed by atoms with van der Waals surface area (Å²) in [5, 5.41) is 8.66. The molecule has 0 saturated heterocycles. The zero-order chi connectivity index (χ0) is 13.8. The topological polar surface area (TPSA) is 50.1 Å². The first-order valence-electron chi connectivity index (χ1n) is 6.14. The molecule has 0 aliphatic heterocycles. The molecular formula is C15H14FNO2. The average molecular weight is 259 g/mol. The number of halogens is 1. The van der Waals surface area contributed by atoms with E-state index in [1.54, 1.807) is 6.08 Å². The Hall–Kier alpha value is -2.15. The molecule has 2 aliphatic carbocycles. The largest absolute Gasteiger partial charge is 0.423 e. The second-order valence-corrected chi connectivity index (χ2v) is 4.65. The number of hydrogen-bond donors (Lipinski definition) is 0. The fourth-order valence-corrected chi connectivity index (χ4v) is 1.85. The molecule has 19 heavy (non-hydrogen) atoms. The number of nitriles is 1. The van der Waals surface area contributed by atoms with Gasteiger partial charge in [-0.25, -0.2) is 9.18 Å². The number of allylic oxidation sites excluding steroid dienone is 5. The first kappa shape index (κ1) is 13.3. The van der Waals surface area contributed by atoms with Crippen molar-refractivity contribution in [1.82, 2.24) is 0 Å². The van der Waals surface area contributed by atoms with Gasteiger partial charge in [-0.2, -0.15) is 5.26 Å². The van der Waals surface area contributed by atoms with Gasteiger partial charge < -0.3 is 4.74 Å². The minimum Gasteiger partial charge on any atom is -0.423 e. The first-order valence-corrected chi connectivity index (χ1v) is 6.14. The SMILES string of the molecule is CC1C=CC(C(=O)OC2=CC(F)C(C#N)C=C2)=CC1. The molecule has 4 heteroatoms. The van der Waals surface area contributed by atoms with Gasteiger partial charge in [0.05, 0.1) is 17.6 Å². The average Bonchev–Trinajstić information content (AvgIpc) is 2.39. The van der Waals surface area contributed by atoms with Gasteiger partial charge in [0.25, 0.3) is 0 Å². The minimum atomic E-state index is -1.44. The van der Waals surface area contributed by atoms with E-state index in [1.807, 2.05) is 18.2 Å². The van der Waals surface area contributed by atoms with Crippen LogP contribution in [-0.4, -0.2) is 12.1 Å². The molecule has 0 radical (unpaired) electrons. The molecule has 0 N–H and O–H groups in total. The summed E-state index contributed by atoms with van der Waals surface area (Å²) in [5.41, 5.74) is 0.477. The van der Waals surface area contributed by atoms with Crippen LogP contribution in [0.5, 0.6) is 0 Å². The lowest BCUT2D eigenvalue weighted by Crippen LogP contribution is -2.16. The van der Waals surface area contributed by atoms with Gasteiger partial charge in [0, 0.05) is 0 Å². The molecular weight excluding hydrogens is 245 g/mol. The standard InChI is InChI=1S/C15H14FNO2/c1-10-2-4-11(5-3-10)15(18)19-13-7-6-12(9-17)14(16)8-13/h2,4-8,10,12,14H,3H2,1H3. The van der Waals surface area contributed by atoms with Crippen LogP contribution in [0.1, 0.15) is 13.3 Å². The normalized spacial score (nSPS) is 29.2. The van der Waals surface area contributed by atoms with Crippen molar-refractivity contribution in [2.45, 2.75) is 19.5 Å². The number of rotatable bonds is 2. The van der Waals surface area contributed by atoms with E-state index in [1.165, 1.54) is 12.2 Å². The fourth-order valence-electron chi connectivity index (χ4n) is 1.85. The zero-order valence-electron chi connectivity index (χ0n) is 10.5. The van der Waals surface area contributed by atoms with Crippen molar-refractivity contribution in [3.8, 4) is 6.07 Å². The summed E-state index contributed by atoms with van der Waals surface area (Å²) in [7, 11) is 0. The number of alkyl halides is 1. The van der Waals surface area contributed by atoms with Crippen LogP contribution in [0.15, 0.2) is 47.8 Å². The van der Waals surface area contributed by atoms with Crippen LogP contribution in [-0.2, 0) is 9.53 Å². The van der Waals surface area contributed by atoms with E-state index in [9.17, 15) is 9.18 Å². The van der Waals surface area contributed by atoms with E-state index in [0.29, 0.717) is 11.5 Å². The lowest BCUT2D eigenvalue weighted by atomic mass is 9.98. The second kappa shape index (κ2) is 5.66. The van der Waals surface area contributed by atoms with E-state index in [0.717, 1.165) is 12.5 Å². The number of carbonyl (C=O) groups excluding carboxylic acids is 1. The highest BCUT2D eigenvalue weighted by Crippen LogP contribution is 2.22. The Kier molecular flexibility index (Phi) is 3.96. The van der Waals surface area contributed by atoms with Crippen molar-refractivity contribution in [3.63, 3.8) is 0 Å². The van der Waals surface area contributed by atoms with Crippen molar-refractivity contribution in [2.24, 2.45) is 11.8 Å². The van der Waals surface area contributed by atoms with Crippen molar-refractivity contribution in [1.29, 1.82) is 5.26 Å². The minimum absolute atomic E-state index is 0.150. The number of hydrogen-bond acceptors (Lipinski definition) is 3. The Balaban J connectivity index is 2.00. The molecule has 2 rings (SSSR count). The number of carbonyl (C=O) groups is 1. The summed E-state index contributed by atoms with van der Waals surface area (Å²) in [6.45, 7) is 2.05. The summed E-state index contributed by atoms with van der Waals surface area (Å²) < 4.78 is 18.6. The Morgan fingerprint density at radius 3 is 2.84 bits per heavy atom.